The maximum absolute atomic E-state index is 12.3. The molecule has 2 aromatic carbocycles. The molecule has 1 N–H and O–H groups in total. The molecule has 0 aromatic heterocycles. The van der Waals surface area contributed by atoms with Crippen LogP contribution in [-0.4, -0.2) is 40.3 Å². The summed E-state index contributed by atoms with van der Waals surface area (Å²) in [6.45, 7) is 4.31. The van der Waals surface area contributed by atoms with Crippen LogP contribution in [0.3, 0.4) is 0 Å². The summed E-state index contributed by atoms with van der Waals surface area (Å²) in [5.74, 6) is -0.676. The van der Waals surface area contributed by atoms with Crippen molar-refractivity contribution >= 4 is 46.6 Å². The number of halogens is 1. The van der Waals surface area contributed by atoms with E-state index in [1.165, 1.54) is 17.0 Å². The van der Waals surface area contributed by atoms with Crippen LogP contribution in [0.25, 0.3) is 6.08 Å². The summed E-state index contributed by atoms with van der Waals surface area (Å²) in [4.78, 5) is 36.9. The smallest absolute Gasteiger partial charge is 0.335 e. The van der Waals surface area contributed by atoms with E-state index in [2.05, 4.69) is 0 Å². The van der Waals surface area contributed by atoms with Crippen molar-refractivity contribution in [2.75, 3.05) is 13.2 Å². The van der Waals surface area contributed by atoms with E-state index in [9.17, 15) is 14.4 Å². The van der Waals surface area contributed by atoms with Crippen molar-refractivity contribution in [3.05, 3.63) is 63.0 Å². The predicted octanol–water partition coefficient (Wildman–Crippen LogP) is 5.07. The second-order valence-electron chi connectivity index (χ2n) is 6.48. The van der Waals surface area contributed by atoms with Crippen LogP contribution in [-0.2, 0) is 11.4 Å². The molecule has 0 spiro atoms. The minimum Gasteiger partial charge on any atom is -0.490 e. The number of amides is 2. The average molecular weight is 462 g/mol. The lowest BCUT2D eigenvalue weighted by Gasteiger charge is -2.15. The van der Waals surface area contributed by atoms with E-state index in [0.29, 0.717) is 40.7 Å². The van der Waals surface area contributed by atoms with Crippen molar-refractivity contribution in [3.8, 4) is 11.5 Å². The van der Waals surface area contributed by atoms with E-state index in [0.717, 1.165) is 11.8 Å². The van der Waals surface area contributed by atoms with Crippen LogP contribution in [0.5, 0.6) is 11.5 Å². The van der Waals surface area contributed by atoms with Gasteiger partial charge in [-0.05, 0) is 67.1 Å². The number of likely N-dealkylation sites (N-methyl/N-ethyl adjacent to an activating group) is 1. The zero-order valence-electron chi connectivity index (χ0n) is 16.9. The number of carbonyl (C=O) groups is 3. The van der Waals surface area contributed by atoms with Gasteiger partial charge in [0.1, 0.15) is 6.61 Å². The number of hydrogen-bond donors (Lipinski definition) is 1. The monoisotopic (exact) mass is 461 g/mol. The van der Waals surface area contributed by atoms with E-state index in [-0.39, 0.29) is 28.3 Å². The molecule has 1 aliphatic rings. The quantitative estimate of drug-likeness (QED) is 0.548. The third kappa shape index (κ3) is 5.21. The summed E-state index contributed by atoms with van der Waals surface area (Å²) in [6, 6.07) is 9.71. The molecule has 1 aliphatic heterocycles. The van der Waals surface area contributed by atoms with Gasteiger partial charge in [0, 0.05) is 6.54 Å². The molecule has 2 amide bonds. The highest BCUT2D eigenvalue weighted by atomic mass is 35.5. The third-order valence-electron chi connectivity index (χ3n) is 4.38. The van der Waals surface area contributed by atoms with Crippen molar-refractivity contribution in [2.24, 2.45) is 0 Å². The van der Waals surface area contributed by atoms with Crippen LogP contribution in [0.15, 0.2) is 41.3 Å². The Hall–Kier alpha value is -2.97. The first kappa shape index (κ1) is 22.7. The highest BCUT2D eigenvalue weighted by Crippen LogP contribution is 2.39. The molecule has 0 unspecified atom stereocenters. The zero-order valence-corrected chi connectivity index (χ0v) is 18.5. The largest absolute Gasteiger partial charge is 0.490 e. The first-order valence-electron chi connectivity index (χ1n) is 9.50. The standard InChI is InChI=1S/C22H20ClNO6S/c1-3-24-20(25)18(31-22(24)28)11-14-9-16(23)19(17(10-14)29-4-2)30-12-13-6-5-7-15(8-13)21(26)27/h5-11H,3-4,12H2,1-2H3,(H,26,27)/b18-11+. The number of carboxylic acids is 1. The van der Waals surface area contributed by atoms with Crippen molar-refractivity contribution in [1.82, 2.24) is 4.90 Å². The van der Waals surface area contributed by atoms with Gasteiger partial charge in [-0.2, -0.15) is 0 Å². The molecule has 0 radical (unpaired) electrons. The van der Waals surface area contributed by atoms with Gasteiger partial charge in [0.25, 0.3) is 11.1 Å². The second kappa shape index (κ2) is 9.89. The number of carboxylic acid groups (broad SMARTS) is 1. The maximum atomic E-state index is 12.3. The molecular weight excluding hydrogens is 442 g/mol. The Bertz CT molecular complexity index is 1070. The van der Waals surface area contributed by atoms with E-state index < -0.39 is 5.97 Å². The topological polar surface area (TPSA) is 93.1 Å². The lowest BCUT2D eigenvalue weighted by atomic mass is 10.1. The molecule has 0 atom stereocenters. The molecule has 1 fully saturated rings. The molecule has 1 saturated heterocycles. The first-order valence-corrected chi connectivity index (χ1v) is 10.7. The molecule has 1 heterocycles. The molecule has 162 valence electrons. The molecule has 9 heteroatoms. The number of imide groups is 1. The van der Waals surface area contributed by atoms with E-state index in [1.807, 2.05) is 6.92 Å². The summed E-state index contributed by atoms with van der Waals surface area (Å²) in [7, 11) is 0. The number of rotatable bonds is 8. The van der Waals surface area contributed by atoms with Gasteiger partial charge in [0.2, 0.25) is 0 Å². The number of thioether (sulfide) groups is 1. The van der Waals surface area contributed by atoms with Gasteiger partial charge in [0.05, 0.1) is 22.1 Å². The van der Waals surface area contributed by atoms with Crippen LogP contribution < -0.4 is 9.47 Å². The van der Waals surface area contributed by atoms with Crippen LogP contribution in [0, 0.1) is 0 Å². The van der Waals surface area contributed by atoms with Crippen LogP contribution in [0.1, 0.15) is 35.3 Å². The Morgan fingerprint density at radius 2 is 1.97 bits per heavy atom. The second-order valence-corrected chi connectivity index (χ2v) is 7.88. The summed E-state index contributed by atoms with van der Waals surface area (Å²) in [5.41, 5.74) is 1.42. The van der Waals surface area contributed by atoms with Gasteiger partial charge in [-0.3, -0.25) is 14.5 Å². The summed E-state index contributed by atoms with van der Waals surface area (Å²) < 4.78 is 11.5. The Kier molecular flexibility index (Phi) is 7.25. The predicted molar refractivity (Wildman–Crippen MR) is 119 cm³/mol. The molecule has 7 nitrogen and oxygen atoms in total. The Morgan fingerprint density at radius 1 is 1.19 bits per heavy atom. The fourth-order valence-electron chi connectivity index (χ4n) is 2.95. The lowest BCUT2D eigenvalue weighted by Crippen LogP contribution is -2.27. The van der Waals surface area contributed by atoms with Crippen LogP contribution in [0.4, 0.5) is 4.79 Å². The fourth-order valence-corrected chi connectivity index (χ4v) is 4.12. The lowest BCUT2D eigenvalue weighted by molar-refractivity contribution is -0.122. The number of aromatic carboxylic acids is 1. The molecule has 31 heavy (non-hydrogen) atoms. The van der Waals surface area contributed by atoms with Crippen LogP contribution in [0.2, 0.25) is 5.02 Å². The fraction of sp³-hybridized carbons (Fsp3) is 0.227. The van der Waals surface area contributed by atoms with Crippen molar-refractivity contribution in [3.63, 3.8) is 0 Å². The number of benzene rings is 2. The Balaban J connectivity index is 1.86. The van der Waals surface area contributed by atoms with Crippen molar-refractivity contribution < 1.29 is 29.0 Å². The first-order chi connectivity index (χ1) is 14.8. The van der Waals surface area contributed by atoms with Gasteiger partial charge < -0.3 is 14.6 Å². The van der Waals surface area contributed by atoms with Gasteiger partial charge in [-0.25, -0.2) is 4.79 Å². The molecule has 0 saturated carbocycles. The van der Waals surface area contributed by atoms with E-state index in [1.54, 1.807) is 37.3 Å². The highest BCUT2D eigenvalue weighted by molar-refractivity contribution is 8.18. The normalized spacial score (nSPS) is 14.9. The SMILES string of the molecule is CCOc1cc(/C=C2/SC(=O)N(CC)C2=O)cc(Cl)c1OCc1cccc(C(=O)O)c1. The molecule has 0 bridgehead atoms. The third-order valence-corrected chi connectivity index (χ3v) is 5.56. The van der Waals surface area contributed by atoms with Gasteiger partial charge in [-0.1, -0.05) is 23.7 Å². The summed E-state index contributed by atoms with van der Waals surface area (Å²) in [6.07, 6.45) is 1.59. The van der Waals surface area contributed by atoms with Gasteiger partial charge in [0.15, 0.2) is 11.5 Å². The number of carbonyl (C=O) groups excluding carboxylic acids is 2. The highest BCUT2D eigenvalue weighted by Gasteiger charge is 2.33. The Labute approximate surface area is 188 Å². The molecular formula is C22H20ClNO6S. The molecule has 3 rings (SSSR count). The van der Waals surface area contributed by atoms with Crippen LogP contribution >= 0.6 is 23.4 Å². The van der Waals surface area contributed by atoms with E-state index >= 15 is 0 Å². The van der Waals surface area contributed by atoms with Crippen molar-refractivity contribution in [2.45, 2.75) is 20.5 Å². The van der Waals surface area contributed by atoms with Gasteiger partial charge in [-0.15, -0.1) is 0 Å². The Morgan fingerprint density at radius 3 is 2.61 bits per heavy atom. The minimum atomic E-state index is -1.02. The minimum absolute atomic E-state index is 0.0929. The van der Waals surface area contributed by atoms with Crippen molar-refractivity contribution in [1.29, 1.82) is 0 Å². The number of nitrogens with zero attached hydrogens (tertiary/aromatic N) is 1. The maximum Gasteiger partial charge on any atom is 0.335 e. The zero-order chi connectivity index (χ0) is 22.5. The summed E-state index contributed by atoms with van der Waals surface area (Å²) >= 11 is 7.30. The average Bonchev–Trinajstić information content (AvgIpc) is 3.00. The molecule has 0 aliphatic carbocycles. The van der Waals surface area contributed by atoms with Gasteiger partial charge >= 0.3 is 5.97 Å². The summed E-state index contributed by atoms with van der Waals surface area (Å²) in [5, 5.41) is 9.09. The number of hydrogen-bond acceptors (Lipinski definition) is 6. The number of ether oxygens (including phenoxy) is 2. The van der Waals surface area contributed by atoms with E-state index in [4.69, 9.17) is 26.2 Å². The molecule has 2 aromatic rings.